The Labute approximate surface area is 96.4 Å². The molecular formula is C7H6INOPd-. The monoisotopic (exact) mass is 353 g/mol. The van der Waals surface area contributed by atoms with Crippen LogP contribution in [0.2, 0.25) is 0 Å². The molecule has 0 heterocycles. The van der Waals surface area contributed by atoms with Crippen molar-refractivity contribution in [2.75, 3.05) is 0 Å². The second kappa shape index (κ2) is 8.18. The summed E-state index contributed by atoms with van der Waals surface area (Å²) in [4.78, 5) is 3.47. The Morgan fingerprint density at radius 1 is 1.45 bits per heavy atom. The van der Waals surface area contributed by atoms with E-state index in [0.29, 0.717) is 12.1 Å². The molecule has 0 atom stereocenters. The summed E-state index contributed by atoms with van der Waals surface area (Å²) in [5.41, 5.74) is 0.576. The molecule has 0 N–H and O–H groups in total. The summed E-state index contributed by atoms with van der Waals surface area (Å²) in [7, 11) is 0. The molecule has 1 radical (unpaired) electrons. The third kappa shape index (κ3) is 5.36. The average molecular weight is 353 g/mol. The number of aliphatic imine (C=N–C) groups is 1. The molecule has 0 saturated heterocycles. The SMILES string of the molecule is I.[O-]C=Nc1[c]cccc1.[Pd]. The topological polar surface area (TPSA) is 35.4 Å². The molecule has 0 unspecified atom stereocenters. The molecule has 1 aromatic carbocycles. The summed E-state index contributed by atoms with van der Waals surface area (Å²) in [6.07, 6.45) is 0.506. The minimum Gasteiger partial charge on any atom is -0.864 e. The van der Waals surface area contributed by atoms with Crippen LogP contribution in [-0.4, -0.2) is 6.40 Å². The fraction of sp³-hybridized carbons (Fsp3) is 0. The van der Waals surface area contributed by atoms with E-state index in [2.05, 4.69) is 11.1 Å². The fourth-order valence-corrected chi connectivity index (χ4v) is 0.521. The minimum absolute atomic E-state index is 0. The maximum atomic E-state index is 9.79. The van der Waals surface area contributed by atoms with E-state index in [-0.39, 0.29) is 44.4 Å². The number of benzene rings is 1. The zero-order valence-corrected chi connectivity index (χ0v) is 9.35. The fourth-order valence-electron chi connectivity index (χ4n) is 0.521. The van der Waals surface area contributed by atoms with Gasteiger partial charge in [-0.2, -0.15) is 0 Å². The van der Waals surface area contributed by atoms with Crippen LogP contribution in [0, 0.1) is 6.07 Å². The van der Waals surface area contributed by atoms with Gasteiger partial charge in [0.1, 0.15) is 0 Å². The number of nitrogens with zero attached hydrogens (tertiary/aromatic N) is 1. The zero-order chi connectivity index (χ0) is 6.53. The summed E-state index contributed by atoms with van der Waals surface area (Å²) in [6, 6.07) is 9.83. The number of para-hydroxylation sites is 1. The van der Waals surface area contributed by atoms with E-state index in [4.69, 9.17) is 0 Å². The maximum absolute atomic E-state index is 9.79. The summed E-state index contributed by atoms with van der Waals surface area (Å²) in [6.45, 7) is 0. The molecule has 1 rings (SSSR count). The molecule has 0 fully saturated rings. The normalized spacial score (nSPS) is 8.36. The van der Waals surface area contributed by atoms with E-state index in [1.54, 1.807) is 18.2 Å². The maximum Gasteiger partial charge on any atom is 0.0694 e. The number of hydrogen-bond acceptors (Lipinski definition) is 2. The zero-order valence-electron chi connectivity index (χ0n) is 5.47. The molecule has 0 aliphatic carbocycles. The Kier molecular flexibility index (Phi) is 10.2. The van der Waals surface area contributed by atoms with Gasteiger partial charge in [-0.05, 0) is 6.07 Å². The van der Waals surface area contributed by atoms with Gasteiger partial charge in [0, 0.05) is 26.5 Å². The van der Waals surface area contributed by atoms with E-state index < -0.39 is 0 Å². The molecule has 0 bridgehead atoms. The van der Waals surface area contributed by atoms with Crippen LogP contribution in [0.5, 0.6) is 0 Å². The van der Waals surface area contributed by atoms with E-state index in [9.17, 15) is 5.11 Å². The Morgan fingerprint density at radius 3 is 2.64 bits per heavy atom. The second-order valence-corrected chi connectivity index (χ2v) is 1.48. The van der Waals surface area contributed by atoms with Crippen LogP contribution in [0.3, 0.4) is 0 Å². The van der Waals surface area contributed by atoms with Gasteiger partial charge in [0.25, 0.3) is 0 Å². The molecule has 4 heteroatoms. The van der Waals surface area contributed by atoms with E-state index >= 15 is 0 Å². The van der Waals surface area contributed by atoms with Crippen molar-refractivity contribution in [2.24, 2.45) is 4.99 Å². The largest absolute Gasteiger partial charge is 0.864 e. The molecular weight excluding hydrogens is 347 g/mol. The number of rotatable bonds is 1. The van der Waals surface area contributed by atoms with Gasteiger partial charge in [-0.25, -0.2) is 0 Å². The van der Waals surface area contributed by atoms with Crippen LogP contribution in [-0.2, 0) is 20.4 Å². The number of hydrogen-bond donors (Lipinski definition) is 0. The van der Waals surface area contributed by atoms with Crippen LogP contribution in [0.1, 0.15) is 0 Å². The van der Waals surface area contributed by atoms with Crippen LogP contribution in [0.4, 0.5) is 5.69 Å². The number of halogens is 1. The predicted octanol–water partition coefficient (Wildman–Crippen LogP) is 1.12. The summed E-state index contributed by atoms with van der Waals surface area (Å²) >= 11 is 0. The summed E-state index contributed by atoms with van der Waals surface area (Å²) in [5.74, 6) is 0. The molecule has 0 amide bonds. The first kappa shape index (κ1) is 13.7. The quantitative estimate of drug-likeness (QED) is 0.323. The van der Waals surface area contributed by atoms with Gasteiger partial charge in [0.15, 0.2) is 0 Å². The Morgan fingerprint density at radius 2 is 2.18 bits per heavy atom. The van der Waals surface area contributed by atoms with Gasteiger partial charge in [-0.1, -0.05) is 24.6 Å². The van der Waals surface area contributed by atoms with Crippen molar-refractivity contribution in [1.29, 1.82) is 0 Å². The van der Waals surface area contributed by atoms with Gasteiger partial charge in [-0.15, -0.1) is 24.0 Å². The van der Waals surface area contributed by atoms with Crippen LogP contribution < -0.4 is 5.11 Å². The van der Waals surface area contributed by atoms with Gasteiger partial charge < -0.3 is 5.11 Å². The minimum atomic E-state index is 0. The summed E-state index contributed by atoms with van der Waals surface area (Å²) in [5, 5.41) is 9.79. The standard InChI is InChI=1S/C7H6NO.HI.Pd/c9-6-8-7-4-2-1-3-5-7;;/h1-4,6H,(H,8,9);1H;/p-1. The molecule has 11 heavy (non-hydrogen) atoms. The Hall–Kier alpha value is 0.0823. The van der Waals surface area contributed by atoms with Crippen LogP contribution in [0.25, 0.3) is 0 Å². The third-order valence-corrected chi connectivity index (χ3v) is 0.884. The predicted molar refractivity (Wildman–Crippen MR) is 48.8 cm³/mol. The molecule has 0 aromatic heterocycles. The molecule has 0 aliphatic rings. The van der Waals surface area contributed by atoms with Crippen molar-refractivity contribution in [3.63, 3.8) is 0 Å². The van der Waals surface area contributed by atoms with Gasteiger partial charge in [0.2, 0.25) is 0 Å². The molecule has 0 spiro atoms. The van der Waals surface area contributed by atoms with Crippen LogP contribution >= 0.6 is 24.0 Å². The van der Waals surface area contributed by atoms with Crippen molar-refractivity contribution in [3.05, 3.63) is 30.3 Å². The third-order valence-electron chi connectivity index (χ3n) is 0.884. The van der Waals surface area contributed by atoms with Gasteiger partial charge >= 0.3 is 0 Å². The second-order valence-electron chi connectivity index (χ2n) is 1.48. The van der Waals surface area contributed by atoms with Crippen molar-refractivity contribution in [1.82, 2.24) is 0 Å². The van der Waals surface area contributed by atoms with Crippen LogP contribution in [0.15, 0.2) is 29.3 Å². The molecule has 2 nitrogen and oxygen atoms in total. The molecule has 63 valence electrons. The molecule has 0 aliphatic heterocycles. The van der Waals surface area contributed by atoms with E-state index in [0.717, 1.165) is 0 Å². The average Bonchev–Trinajstić information content (AvgIpc) is 1.91. The van der Waals surface area contributed by atoms with Crippen molar-refractivity contribution in [2.45, 2.75) is 0 Å². The Bertz CT molecular complexity index is 203. The van der Waals surface area contributed by atoms with E-state index in [1.807, 2.05) is 6.07 Å². The van der Waals surface area contributed by atoms with Crippen molar-refractivity contribution in [3.8, 4) is 0 Å². The first-order valence-electron chi connectivity index (χ1n) is 2.54. The van der Waals surface area contributed by atoms with Crippen molar-refractivity contribution >= 4 is 36.1 Å². The summed E-state index contributed by atoms with van der Waals surface area (Å²) < 4.78 is 0. The van der Waals surface area contributed by atoms with Crippen molar-refractivity contribution < 1.29 is 25.5 Å². The molecule has 1 aromatic rings. The molecule has 0 saturated carbocycles. The first-order valence-corrected chi connectivity index (χ1v) is 2.54. The first-order chi connectivity index (χ1) is 4.43. The van der Waals surface area contributed by atoms with Gasteiger partial charge in [-0.3, -0.25) is 4.99 Å². The van der Waals surface area contributed by atoms with E-state index in [1.165, 1.54) is 0 Å². The Balaban J connectivity index is 0. The van der Waals surface area contributed by atoms with Gasteiger partial charge in [0.05, 0.1) is 5.69 Å². The smallest absolute Gasteiger partial charge is 0.0694 e.